The molecule has 0 spiro atoms. The molecule has 1 aliphatic rings. The zero-order valence-corrected chi connectivity index (χ0v) is 17.1. The van der Waals surface area contributed by atoms with Gasteiger partial charge in [0.25, 0.3) is 5.91 Å². The van der Waals surface area contributed by atoms with Gasteiger partial charge in [0, 0.05) is 18.9 Å². The van der Waals surface area contributed by atoms with Crippen LogP contribution in [-0.2, 0) is 9.53 Å². The van der Waals surface area contributed by atoms with Gasteiger partial charge in [-0.1, -0.05) is 19.1 Å². The standard InChI is InChI=1S/C21H22F3NO4S/c1-2-19(26)28-17-5-3-4-15(11-17)25-20(27)18-10-14(12-30-18)13-6-8-16(9-7-13)29-21(22,23)24/h6-10,12,15,17H,2-5,11H2,1H3,(H,25,27)/t15-,17-/m1/s1. The molecule has 1 aliphatic carbocycles. The lowest BCUT2D eigenvalue weighted by molar-refractivity contribution is -0.274. The molecule has 1 aromatic heterocycles. The lowest BCUT2D eigenvalue weighted by Gasteiger charge is -2.29. The Balaban J connectivity index is 1.59. The van der Waals surface area contributed by atoms with E-state index < -0.39 is 6.36 Å². The van der Waals surface area contributed by atoms with Crippen molar-refractivity contribution in [2.45, 2.75) is 57.5 Å². The predicted molar refractivity (Wildman–Crippen MR) is 106 cm³/mol. The molecule has 0 radical (unpaired) electrons. The summed E-state index contributed by atoms with van der Waals surface area (Å²) in [6, 6.07) is 7.14. The number of alkyl halides is 3. The Morgan fingerprint density at radius 3 is 2.57 bits per heavy atom. The second-order valence-corrected chi connectivity index (χ2v) is 7.99. The number of carbonyl (C=O) groups excluding carboxylic acids is 2. The van der Waals surface area contributed by atoms with Crippen molar-refractivity contribution >= 4 is 23.2 Å². The Bertz CT molecular complexity index is 879. The Hall–Kier alpha value is -2.55. The summed E-state index contributed by atoms with van der Waals surface area (Å²) in [5.74, 6) is -0.743. The van der Waals surface area contributed by atoms with E-state index in [0.29, 0.717) is 23.3 Å². The van der Waals surface area contributed by atoms with E-state index in [2.05, 4.69) is 10.1 Å². The van der Waals surface area contributed by atoms with Gasteiger partial charge in [-0.2, -0.15) is 0 Å². The van der Waals surface area contributed by atoms with Crippen LogP contribution in [-0.4, -0.2) is 30.4 Å². The molecule has 3 rings (SSSR count). The fraction of sp³-hybridized carbons (Fsp3) is 0.429. The lowest BCUT2D eigenvalue weighted by Crippen LogP contribution is -2.40. The topological polar surface area (TPSA) is 64.6 Å². The van der Waals surface area contributed by atoms with Crippen LogP contribution in [0.4, 0.5) is 13.2 Å². The summed E-state index contributed by atoms with van der Waals surface area (Å²) < 4.78 is 46.1. The Kier molecular flexibility index (Phi) is 7.02. The molecule has 1 N–H and O–H groups in total. The van der Waals surface area contributed by atoms with Crippen molar-refractivity contribution in [3.63, 3.8) is 0 Å². The second-order valence-electron chi connectivity index (χ2n) is 7.07. The highest BCUT2D eigenvalue weighted by molar-refractivity contribution is 7.12. The predicted octanol–water partition coefficient (Wildman–Crippen LogP) is 5.31. The maximum Gasteiger partial charge on any atom is 0.573 e. The van der Waals surface area contributed by atoms with E-state index in [1.54, 1.807) is 18.4 Å². The molecule has 30 heavy (non-hydrogen) atoms. The quantitative estimate of drug-likeness (QED) is 0.618. The average molecular weight is 441 g/mol. The number of benzene rings is 1. The molecule has 5 nitrogen and oxygen atoms in total. The van der Waals surface area contributed by atoms with Crippen LogP contribution in [0.2, 0.25) is 0 Å². The number of rotatable bonds is 6. The Labute approximate surface area is 176 Å². The largest absolute Gasteiger partial charge is 0.573 e. The molecule has 9 heteroatoms. The van der Waals surface area contributed by atoms with Gasteiger partial charge in [0.05, 0.1) is 4.88 Å². The Morgan fingerprint density at radius 1 is 1.17 bits per heavy atom. The number of hydrogen-bond acceptors (Lipinski definition) is 5. The maximum atomic E-state index is 12.6. The van der Waals surface area contributed by atoms with Gasteiger partial charge in [0.1, 0.15) is 11.9 Å². The second kappa shape index (κ2) is 9.51. The SMILES string of the molecule is CCC(=O)O[C@@H]1CCC[C@@H](NC(=O)c2cc(-c3ccc(OC(F)(F)F)cc3)cs2)C1. The van der Waals surface area contributed by atoms with E-state index in [1.807, 2.05) is 0 Å². The minimum atomic E-state index is -4.73. The summed E-state index contributed by atoms with van der Waals surface area (Å²) >= 11 is 1.26. The van der Waals surface area contributed by atoms with E-state index in [4.69, 9.17) is 4.74 Å². The van der Waals surface area contributed by atoms with Crippen LogP contribution in [0.1, 0.15) is 48.7 Å². The molecular weight excluding hydrogens is 419 g/mol. The first-order chi connectivity index (χ1) is 14.2. The summed E-state index contributed by atoms with van der Waals surface area (Å²) in [5.41, 5.74) is 1.42. The third kappa shape index (κ3) is 6.22. The summed E-state index contributed by atoms with van der Waals surface area (Å²) in [5, 5.41) is 4.77. The van der Waals surface area contributed by atoms with Gasteiger partial charge in [-0.15, -0.1) is 24.5 Å². The van der Waals surface area contributed by atoms with Crippen molar-refractivity contribution in [2.24, 2.45) is 0 Å². The van der Waals surface area contributed by atoms with Gasteiger partial charge in [-0.05, 0) is 54.0 Å². The van der Waals surface area contributed by atoms with Crippen LogP contribution in [0.3, 0.4) is 0 Å². The van der Waals surface area contributed by atoms with Gasteiger partial charge in [0.15, 0.2) is 0 Å². The maximum absolute atomic E-state index is 12.6. The van der Waals surface area contributed by atoms with Gasteiger partial charge in [-0.3, -0.25) is 9.59 Å². The van der Waals surface area contributed by atoms with Crippen LogP contribution in [0.15, 0.2) is 35.7 Å². The summed E-state index contributed by atoms with van der Waals surface area (Å²) in [6.45, 7) is 1.75. The number of ether oxygens (including phenoxy) is 2. The fourth-order valence-electron chi connectivity index (χ4n) is 3.36. The van der Waals surface area contributed by atoms with Crippen molar-refractivity contribution in [3.8, 4) is 16.9 Å². The smallest absolute Gasteiger partial charge is 0.462 e. The zero-order valence-electron chi connectivity index (χ0n) is 16.3. The van der Waals surface area contributed by atoms with Crippen LogP contribution in [0.25, 0.3) is 11.1 Å². The highest BCUT2D eigenvalue weighted by Gasteiger charge is 2.31. The van der Waals surface area contributed by atoms with Gasteiger partial charge < -0.3 is 14.8 Å². The monoisotopic (exact) mass is 441 g/mol. The highest BCUT2D eigenvalue weighted by Crippen LogP contribution is 2.30. The van der Waals surface area contributed by atoms with Crippen LogP contribution in [0.5, 0.6) is 5.75 Å². The van der Waals surface area contributed by atoms with Gasteiger partial charge in [0.2, 0.25) is 0 Å². The normalized spacial score (nSPS) is 19.2. The average Bonchev–Trinajstić information content (AvgIpc) is 3.18. The molecule has 1 fully saturated rings. The van der Waals surface area contributed by atoms with E-state index in [1.165, 1.54) is 35.6 Å². The zero-order chi connectivity index (χ0) is 21.7. The van der Waals surface area contributed by atoms with E-state index in [-0.39, 0.29) is 29.8 Å². The number of hydrogen-bond donors (Lipinski definition) is 1. The summed E-state index contributed by atoms with van der Waals surface area (Å²) in [7, 11) is 0. The molecule has 1 saturated carbocycles. The lowest BCUT2D eigenvalue weighted by atomic mass is 9.92. The summed E-state index contributed by atoms with van der Waals surface area (Å²) in [6.07, 6.45) is -1.49. The van der Waals surface area contributed by atoms with Gasteiger partial charge in [-0.25, -0.2) is 0 Å². The molecular formula is C21H22F3NO4S. The van der Waals surface area contributed by atoms with Crippen LogP contribution >= 0.6 is 11.3 Å². The van der Waals surface area contributed by atoms with E-state index in [0.717, 1.165) is 24.8 Å². The number of amides is 1. The molecule has 2 aromatic rings. The third-order valence-corrected chi connectivity index (χ3v) is 5.72. The van der Waals surface area contributed by atoms with Crippen molar-refractivity contribution in [2.75, 3.05) is 0 Å². The molecule has 2 atom stereocenters. The minimum Gasteiger partial charge on any atom is -0.462 e. The number of esters is 1. The van der Waals surface area contributed by atoms with Crippen LogP contribution in [0, 0.1) is 0 Å². The number of nitrogens with one attached hydrogen (secondary N) is 1. The van der Waals surface area contributed by atoms with Crippen molar-refractivity contribution < 1.29 is 32.2 Å². The van der Waals surface area contributed by atoms with Gasteiger partial charge >= 0.3 is 12.3 Å². The summed E-state index contributed by atoms with van der Waals surface area (Å²) in [4.78, 5) is 24.6. The van der Waals surface area contributed by atoms with E-state index in [9.17, 15) is 22.8 Å². The number of halogens is 3. The Morgan fingerprint density at radius 2 is 1.90 bits per heavy atom. The minimum absolute atomic E-state index is 0.0646. The first-order valence-corrected chi connectivity index (χ1v) is 10.6. The molecule has 0 aliphatic heterocycles. The van der Waals surface area contributed by atoms with Crippen molar-refractivity contribution in [1.82, 2.24) is 5.32 Å². The molecule has 0 unspecified atom stereocenters. The molecule has 0 saturated heterocycles. The first kappa shape index (κ1) is 22.1. The third-order valence-electron chi connectivity index (χ3n) is 4.79. The molecule has 1 heterocycles. The fourth-order valence-corrected chi connectivity index (χ4v) is 4.18. The first-order valence-electron chi connectivity index (χ1n) is 9.68. The van der Waals surface area contributed by atoms with E-state index >= 15 is 0 Å². The van der Waals surface area contributed by atoms with Crippen molar-refractivity contribution in [1.29, 1.82) is 0 Å². The molecule has 1 amide bonds. The van der Waals surface area contributed by atoms with Crippen LogP contribution < -0.4 is 10.1 Å². The highest BCUT2D eigenvalue weighted by atomic mass is 32.1. The molecule has 0 bridgehead atoms. The molecule has 1 aromatic carbocycles. The number of thiophene rings is 1. The van der Waals surface area contributed by atoms with Crippen molar-refractivity contribution in [3.05, 3.63) is 40.6 Å². The number of carbonyl (C=O) groups is 2. The molecule has 162 valence electrons.